The van der Waals surface area contributed by atoms with E-state index in [-0.39, 0.29) is 36.4 Å². The van der Waals surface area contributed by atoms with Gasteiger partial charge in [0.1, 0.15) is 18.1 Å². The fourth-order valence-electron chi connectivity index (χ4n) is 3.83. The lowest BCUT2D eigenvalue weighted by molar-refractivity contribution is -0.151. The summed E-state index contributed by atoms with van der Waals surface area (Å²) in [4.78, 5) is 29.9. The molecule has 0 unspecified atom stereocenters. The van der Waals surface area contributed by atoms with Crippen LogP contribution in [0, 0.1) is 25.7 Å². The SMILES string of the molecule is Cc1cc(O)cc(C)c1C[C@H](CC(=O)[C@H](C)CCCN=C(N)N)C(=O)OCc1ccccc1. The van der Waals surface area contributed by atoms with Crippen LogP contribution in [-0.2, 0) is 27.4 Å². The first-order valence-corrected chi connectivity index (χ1v) is 11.2. The van der Waals surface area contributed by atoms with Crippen LogP contribution in [0.4, 0.5) is 0 Å². The molecule has 2 rings (SSSR count). The average molecular weight is 454 g/mol. The standard InChI is InChI=1S/C26H35N3O4/c1-17(8-7-11-29-26(27)28)24(31)15-21(14-23-18(2)12-22(30)13-19(23)3)25(32)33-16-20-9-5-4-6-10-20/h4-6,9-10,12-13,17,21,30H,7-8,11,14-16H2,1-3H3,(H4,27,28,29)/t17-,21-/m1/s1. The molecule has 0 fully saturated rings. The Bertz CT molecular complexity index is 946. The van der Waals surface area contributed by atoms with Crippen LogP contribution in [-0.4, -0.2) is 29.4 Å². The van der Waals surface area contributed by atoms with Gasteiger partial charge < -0.3 is 21.3 Å². The van der Waals surface area contributed by atoms with Gasteiger partial charge in [-0.05, 0) is 67.5 Å². The molecule has 7 nitrogen and oxygen atoms in total. The molecule has 0 radical (unpaired) electrons. The molecular weight excluding hydrogens is 418 g/mol. The number of rotatable bonds is 12. The number of phenolic OH excluding ortho intramolecular Hbond substituents is 1. The van der Waals surface area contributed by atoms with Gasteiger partial charge in [-0.15, -0.1) is 0 Å². The van der Waals surface area contributed by atoms with E-state index in [9.17, 15) is 14.7 Å². The van der Waals surface area contributed by atoms with Gasteiger partial charge in [-0.1, -0.05) is 37.3 Å². The highest BCUT2D eigenvalue weighted by Crippen LogP contribution is 2.26. The number of benzene rings is 2. The van der Waals surface area contributed by atoms with Crippen molar-refractivity contribution in [3.63, 3.8) is 0 Å². The maximum Gasteiger partial charge on any atom is 0.310 e. The number of aromatic hydroxyl groups is 1. The van der Waals surface area contributed by atoms with Gasteiger partial charge >= 0.3 is 5.97 Å². The van der Waals surface area contributed by atoms with E-state index >= 15 is 0 Å². The lowest BCUT2D eigenvalue weighted by Crippen LogP contribution is -2.26. The summed E-state index contributed by atoms with van der Waals surface area (Å²) in [6.07, 6.45) is 1.79. The van der Waals surface area contributed by atoms with Crippen LogP contribution in [0.2, 0.25) is 0 Å². The monoisotopic (exact) mass is 453 g/mol. The predicted molar refractivity (Wildman–Crippen MR) is 130 cm³/mol. The molecule has 0 aliphatic carbocycles. The molecule has 2 aromatic carbocycles. The smallest absolute Gasteiger partial charge is 0.310 e. The summed E-state index contributed by atoms with van der Waals surface area (Å²) in [6.45, 7) is 6.27. The number of nitrogens with zero attached hydrogens (tertiary/aromatic N) is 1. The molecule has 0 saturated heterocycles. The van der Waals surface area contributed by atoms with E-state index in [1.165, 1.54) is 0 Å². The van der Waals surface area contributed by atoms with Crippen molar-refractivity contribution in [1.82, 2.24) is 0 Å². The first-order chi connectivity index (χ1) is 15.7. The maximum absolute atomic E-state index is 13.0. The Labute approximate surface area is 195 Å². The number of guanidine groups is 1. The molecule has 2 atom stereocenters. The number of Topliss-reactive ketones (excluding diaryl/α,β-unsaturated/α-hetero) is 1. The van der Waals surface area contributed by atoms with Crippen molar-refractivity contribution in [2.75, 3.05) is 6.54 Å². The number of ether oxygens (including phenoxy) is 1. The Hall–Kier alpha value is -3.35. The van der Waals surface area contributed by atoms with Crippen LogP contribution in [0.15, 0.2) is 47.5 Å². The molecular formula is C26H35N3O4. The average Bonchev–Trinajstić information content (AvgIpc) is 2.76. The van der Waals surface area contributed by atoms with Gasteiger partial charge in [0.15, 0.2) is 5.96 Å². The molecule has 0 aliphatic heterocycles. The lowest BCUT2D eigenvalue weighted by Gasteiger charge is -2.20. The highest BCUT2D eigenvalue weighted by molar-refractivity contribution is 5.86. The first-order valence-electron chi connectivity index (χ1n) is 11.2. The second-order valence-corrected chi connectivity index (χ2v) is 8.57. The second-order valence-electron chi connectivity index (χ2n) is 8.57. The second kappa shape index (κ2) is 12.6. The molecule has 0 saturated carbocycles. The molecule has 0 bridgehead atoms. The molecule has 5 N–H and O–H groups in total. The number of carbonyl (C=O) groups excluding carboxylic acids is 2. The first kappa shape index (κ1) is 25.9. The van der Waals surface area contributed by atoms with Crippen LogP contribution in [0.25, 0.3) is 0 Å². The third-order valence-electron chi connectivity index (χ3n) is 5.78. The fourth-order valence-corrected chi connectivity index (χ4v) is 3.83. The summed E-state index contributed by atoms with van der Waals surface area (Å²) in [5.41, 5.74) is 14.3. The zero-order valence-electron chi connectivity index (χ0n) is 19.7. The molecule has 2 aromatic rings. The van der Waals surface area contributed by atoms with Crippen molar-refractivity contribution in [2.45, 2.75) is 53.1 Å². The third-order valence-corrected chi connectivity index (χ3v) is 5.78. The minimum Gasteiger partial charge on any atom is -0.508 e. The van der Waals surface area contributed by atoms with Crippen molar-refractivity contribution < 1.29 is 19.4 Å². The van der Waals surface area contributed by atoms with Gasteiger partial charge in [0.05, 0.1) is 5.92 Å². The number of phenols is 1. The largest absolute Gasteiger partial charge is 0.508 e. The van der Waals surface area contributed by atoms with Crippen LogP contribution < -0.4 is 11.5 Å². The van der Waals surface area contributed by atoms with Gasteiger partial charge in [0.25, 0.3) is 0 Å². The van der Waals surface area contributed by atoms with Crippen molar-refractivity contribution in [1.29, 1.82) is 0 Å². The van der Waals surface area contributed by atoms with Crippen molar-refractivity contribution in [2.24, 2.45) is 28.3 Å². The zero-order chi connectivity index (χ0) is 24.4. The predicted octanol–water partition coefficient (Wildman–Crippen LogP) is 3.56. The Kier molecular flexibility index (Phi) is 9.91. The van der Waals surface area contributed by atoms with E-state index in [1.54, 1.807) is 12.1 Å². The van der Waals surface area contributed by atoms with E-state index < -0.39 is 11.9 Å². The maximum atomic E-state index is 13.0. The summed E-state index contributed by atoms with van der Waals surface area (Å²) in [5, 5.41) is 9.86. The zero-order valence-corrected chi connectivity index (χ0v) is 19.7. The van der Waals surface area contributed by atoms with E-state index in [4.69, 9.17) is 16.2 Å². The fraction of sp³-hybridized carbons (Fsp3) is 0.423. The van der Waals surface area contributed by atoms with E-state index in [2.05, 4.69) is 4.99 Å². The Balaban J connectivity index is 2.11. The number of aliphatic imine (C=N–C) groups is 1. The summed E-state index contributed by atoms with van der Waals surface area (Å²) >= 11 is 0. The minimum atomic E-state index is -0.608. The number of carbonyl (C=O) groups is 2. The van der Waals surface area contributed by atoms with Crippen molar-refractivity contribution in [3.8, 4) is 5.75 Å². The molecule has 7 heteroatoms. The third kappa shape index (κ3) is 8.60. The molecule has 178 valence electrons. The van der Waals surface area contributed by atoms with Crippen LogP contribution in [0.5, 0.6) is 5.75 Å². The highest BCUT2D eigenvalue weighted by Gasteiger charge is 2.27. The molecule has 33 heavy (non-hydrogen) atoms. The number of hydrogen-bond acceptors (Lipinski definition) is 5. The van der Waals surface area contributed by atoms with Crippen LogP contribution in [0.3, 0.4) is 0 Å². The topological polar surface area (TPSA) is 128 Å². The summed E-state index contributed by atoms with van der Waals surface area (Å²) < 4.78 is 5.59. The quantitative estimate of drug-likeness (QED) is 0.195. The number of esters is 1. The normalized spacial score (nSPS) is 12.6. The van der Waals surface area contributed by atoms with Gasteiger partial charge in [0, 0.05) is 18.9 Å². The highest BCUT2D eigenvalue weighted by atomic mass is 16.5. The summed E-state index contributed by atoms with van der Waals surface area (Å²) in [6, 6.07) is 12.8. The van der Waals surface area contributed by atoms with E-state index in [1.807, 2.05) is 51.1 Å². The van der Waals surface area contributed by atoms with Gasteiger partial charge in [-0.2, -0.15) is 0 Å². The summed E-state index contributed by atoms with van der Waals surface area (Å²) in [7, 11) is 0. The van der Waals surface area contributed by atoms with E-state index in [0.29, 0.717) is 25.8 Å². The number of nitrogens with two attached hydrogens (primary N) is 2. The number of ketones is 1. The minimum absolute atomic E-state index is 0.00967. The molecule has 0 amide bonds. The number of hydrogen-bond donors (Lipinski definition) is 3. The molecule has 0 spiro atoms. The van der Waals surface area contributed by atoms with Gasteiger partial charge in [-0.25, -0.2) is 0 Å². The van der Waals surface area contributed by atoms with Crippen molar-refractivity contribution in [3.05, 3.63) is 64.7 Å². The molecule has 0 aromatic heterocycles. The molecule has 0 heterocycles. The Morgan fingerprint density at radius 3 is 2.33 bits per heavy atom. The van der Waals surface area contributed by atoms with Crippen LogP contribution in [0.1, 0.15) is 48.4 Å². The van der Waals surface area contributed by atoms with Crippen molar-refractivity contribution >= 4 is 17.7 Å². The number of aryl methyl sites for hydroxylation is 2. The van der Waals surface area contributed by atoms with Gasteiger partial charge in [-0.3, -0.25) is 14.6 Å². The lowest BCUT2D eigenvalue weighted by atomic mass is 9.86. The molecule has 0 aliphatic rings. The Morgan fingerprint density at radius 2 is 1.73 bits per heavy atom. The summed E-state index contributed by atoms with van der Waals surface area (Å²) in [5.74, 6) is -0.992. The van der Waals surface area contributed by atoms with Crippen LogP contribution >= 0.6 is 0 Å². The Morgan fingerprint density at radius 1 is 1.09 bits per heavy atom. The van der Waals surface area contributed by atoms with Gasteiger partial charge in [0.2, 0.25) is 0 Å². The van der Waals surface area contributed by atoms with E-state index in [0.717, 1.165) is 22.3 Å².